The van der Waals surface area contributed by atoms with Crippen LogP contribution in [0.25, 0.3) is 0 Å². The maximum atomic E-state index is 14.1. The summed E-state index contributed by atoms with van der Waals surface area (Å²) in [5.41, 5.74) is 2.06. The first-order chi connectivity index (χ1) is 16.3. The van der Waals surface area contributed by atoms with Gasteiger partial charge in [0.2, 0.25) is 5.91 Å². The van der Waals surface area contributed by atoms with Gasteiger partial charge in [0.15, 0.2) is 0 Å². The number of likely N-dealkylation sites (tertiary alicyclic amines) is 1. The van der Waals surface area contributed by atoms with Crippen molar-refractivity contribution in [3.63, 3.8) is 0 Å². The fraction of sp³-hybridized carbons (Fsp3) is 0.519. The minimum atomic E-state index is -0.235. The summed E-state index contributed by atoms with van der Waals surface area (Å²) in [6.45, 7) is 7.78. The summed E-state index contributed by atoms with van der Waals surface area (Å²) in [5, 5.41) is 0. The van der Waals surface area contributed by atoms with E-state index in [1.165, 1.54) is 6.07 Å². The topological polar surface area (TPSA) is 51.2 Å². The minimum Gasteiger partial charge on any atom is -0.497 e. The van der Waals surface area contributed by atoms with Gasteiger partial charge in [-0.3, -0.25) is 9.69 Å². The normalized spacial score (nSPS) is 18.3. The Balaban J connectivity index is 1.84. The summed E-state index contributed by atoms with van der Waals surface area (Å²) in [4.78, 5) is 17.2. The molecular formula is C27H37FN2O4. The number of amides is 1. The quantitative estimate of drug-likeness (QED) is 0.491. The number of hydrogen-bond donors (Lipinski definition) is 0. The van der Waals surface area contributed by atoms with Crippen LogP contribution in [0.3, 0.4) is 0 Å². The predicted molar refractivity (Wildman–Crippen MR) is 131 cm³/mol. The largest absolute Gasteiger partial charge is 0.497 e. The van der Waals surface area contributed by atoms with Crippen LogP contribution in [0.2, 0.25) is 0 Å². The molecule has 0 aromatic heterocycles. The number of benzene rings is 2. The first-order valence-electron chi connectivity index (χ1n) is 11.8. The summed E-state index contributed by atoms with van der Waals surface area (Å²) >= 11 is 0. The third-order valence-electron chi connectivity index (χ3n) is 6.44. The molecule has 2 atom stereocenters. The molecule has 1 heterocycles. The second-order valence-electron chi connectivity index (χ2n) is 9.27. The molecule has 0 aliphatic carbocycles. The van der Waals surface area contributed by atoms with Gasteiger partial charge in [0.1, 0.15) is 17.3 Å². The molecule has 0 unspecified atom stereocenters. The molecule has 1 fully saturated rings. The molecule has 0 bridgehead atoms. The molecule has 1 saturated heterocycles. The highest BCUT2D eigenvalue weighted by Crippen LogP contribution is 2.35. The maximum Gasteiger partial charge on any atom is 0.225 e. The number of carbonyl (C=O) groups is 1. The average Bonchev–Trinajstić information content (AvgIpc) is 3.22. The van der Waals surface area contributed by atoms with Crippen molar-refractivity contribution >= 4 is 5.91 Å². The molecule has 1 aliphatic rings. The number of rotatable bonds is 11. The zero-order chi connectivity index (χ0) is 24.7. The van der Waals surface area contributed by atoms with Crippen molar-refractivity contribution in [2.24, 2.45) is 11.8 Å². The molecule has 3 rings (SSSR count). The van der Waals surface area contributed by atoms with E-state index in [2.05, 4.69) is 4.90 Å². The molecule has 7 heteroatoms. The molecule has 186 valence electrons. The fourth-order valence-corrected chi connectivity index (χ4v) is 4.75. The molecule has 0 saturated carbocycles. The molecule has 0 N–H and O–H groups in total. The summed E-state index contributed by atoms with van der Waals surface area (Å²) in [7, 11) is 4.93. The van der Waals surface area contributed by atoms with E-state index in [9.17, 15) is 9.18 Å². The highest BCUT2D eigenvalue weighted by atomic mass is 19.1. The third-order valence-corrected chi connectivity index (χ3v) is 6.44. The van der Waals surface area contributed by atoms with E-state index in [1.54, 1.807) is 33.5 Å². The van der Waals surface area contributed by atoms with E-state index in [0.29, 0.717) is 26.2 Å². The first-order valence-corrected chi connectivity index (χ1v) is 11.8. The van der Waals surface area contributed by atoms with Crippen LogP contribution in [0.1, 0.15) is 30.9 Å². The zero-order valence-corrected chi connectivity index (χ0v) is 20.9. The Labute approximate surface area is 202 Å². The lowest BCUT2D eigenvalue weighted by atomic mass is 9.88. The van der Waals surface area contributed by atoms with E-state index in [4.69, 9.17) is 14.2 Å². The standard InChI is InChI=1S/C27H37FN2O4/c1-19(2)27(31)30(9-10-32-3)17-22-16-29(18-26(22)21-7-6-8-23(28)13-21)15-20-11-24(33-4)14-25(12-20)34-5/h6-8,11-14,19,22,26H,9-10,15-18H2,1-5H3/t22-,26+/m1/s1. The highest BCUT2D eigenvalue weighted by Gasteiger charge is 2.36. The van der Waals surface area contributed by atoms with Gasteiger partial charge >= 0.3 is 0 Å². The van der Waals surface area contributed by atoms with Crippen LogP contribution in [-0.2, 0) is 16.1 Å². The van der Waals surface area contributed by atoms with Gasteiger partial charge in [-0.1, -0.05) is 26.0 Å². The van der Waals surface area contributed by atoms with Crippen molar-refractivity contribution in [2.75, 3.05) is 54.1 Å². The van der Waals surface area contributed by atoms with Gasteiger partial charge in [-0.05, 0) is 41.3 Å². The second-order valence-corrected chi connectivity index (χ2v) is 9.27. The van der Waals surface area contributed by atoms with Crippen molar-refractivity contribution in [2.45, 2.75) is 26.3 Å². The summed E-state index contributed by atoms with van der Waals surface area (Å²) in [6, 6.07) is 12.7. The Morgan fingerprint density at radius 3 is 2.38 bits per heavy atom. The van der Waals surface area contributed by atoms with Crippen LogP contribution in [0.4, 0.5) is 4.39 Å². The Morgan fingerprint density at radius 1 is 1.09 bits per heavy atom. The molecule has 0 radical (unpaired) electrons. The molecular weight excluding hydrogens is 435 g/mol. The van der Waals surface area contributed by atoms with Crippen LogP contribution in [0.15, 0.2) is 42.5 Å². The molecule has 2 aromatic carbocycles. The van der Waals surface area contributed by atoms with Gasteiger partial charge in [-0.2, -0.15) is 0 Å². The van der Waals surface area contributed by atoms with Gasteiger partial charge in [0.05, 0.1) is 20.8 Å². The van der Waals surface area contributed by atoms with Gasteiger partial charge in [-0.25, -0.2) is 4.39 Å². The number of methoxy groups -OCH3 is 3. The molecule has 6 nitrogen and oxygen atoms in total. The first kappa shape index (κ1) is 26.0. The SMILES string of the molecule is COCCN(C[C@H]1CN(Cc2cc(OC)cc(OC)c2)C[C@H]1c1cccc(F)c1)C(=O)C(C)C. The number of ether oxygens (including phenoxy) is 3. The van der Waals surface area contributed by atoms with Crippen molar-refractivity contribution in [3.05, 3.63) is 59.4 Å². The van der Waals surface area contributed by atoms with Crippen molar-refractivity contribution < 1.29 is 23.4 Å². The van der Waals surface area contributed by atoms with Crippen molar-refractivity contribution in [3.8, 4) is 11.5 Å². The van der Waals surface area contributed by atoms with Crippen LogP contribution in [-0.4, -0.2) is 69.8 Å². The van der Waals surface area contributed by atoms with Gasteiger partial charge in [0, 0.05) is 57.7 Å². The maximum absolute atomic E-state index is 14.1. The van der Waals surface area contributed by atoms with Crippen molar-refractivity contribution in [1.29, 1.82) is 0 Å². The van der Waals surface area contributed by atoms with Crippen LogP contribution >= 0.6 is 0 Å². The Hall–Kier alpha value is -2.64. The summed E-state index contributed by atoms with van der Waals surface area (Å²) in [5.74, 6) is 1.58. The van der Waals surface area contributed by atoms with Crippen LogP contribution < -0.4 is 9.47 Å². The third kappa shape index (κ3) is 6.70. The van der Waals surface area contributed by atoms with Crippen LogP contribution in [0.5, 0.6) is 11.5 Å². The number of hydrogen-bond acceptors (Lipinski definition) is 5. The fourth-order valence-electron chi connectivity index (χ4n) is 4.75. The zero-order valence-electron chi connectivity index (χ0n) is 20.9. The predicted octanol–water partition coefficient (Wildman–Crippen LogP) is 4.19. The molecule has 1 amide bonds. The summed E-state index contributed by atoms with van der Waals surface area (Å²) < 4.78 is 30.2. The monoisotopic (exact) mass is 472 g/mol. The lowest BCUT2D eigenvalue weighted by Gasteiger charge is -2.29. The number of nitrogens with zero attached hydrogens (tertiary/aromatic N) is 2. The van der Waals surface area contributed by atoms with E-state index < -0.39 is 0 Å². The Kier molecular flexibility index (Phi) is 9.30. The number of halogens is 1. The molecule has 34 heavy (non-hydrogen) atoms. The second kappa shape index (κ2) is 12.2. The van der Waals surface area contributed by atoms with Gasteiger partial charge in [-0.15, -0.1) is 0 Å². The molecule has 1 aliphatic heterocycles. The Bertz CT molecular complexity index is 930. The van der Waals surface area contributed by atoms with Crippen LogP contribution in [0, 0.1) is 17.7 Å². The molecule has 2 aromatic rings. The number of carbonyl (C=O) groups excluding carboxylic acids is 1. The van der Waals surface area contributed by atoms with E-state index in [-0.39, 0.29) is 29.5 Å². The average molecular weight is 473 g/mol. The smallest absolute Gasteiger partial charge is 0.225 e. The van der Waals surface area contributed by atoms with E-state index >= 15 is 0 Å². The van der Waals surface area contributed by atoms with Gasteiger partial charge < -0.3 is 19.1 Å². The van der Waals surface area contributed by atoms with Crippen molar-refractivity contribution in [1.82, 2.24) is 9.80 Å². The molecule has 0 spiro atoms. The lowest BCUT2D eigenvalue weighted by Crippen LogP contribution is -2.41. The minimum absolute atomic E-state index is 0.0915. The Morgan fingerprint density at radius 2 is 1.79 bits per heavy atom. The summed E-state index contributed by atoms with van der Waals surface area (Å²) in [6.07, 6.45) is 0. The lowest BCUT2D eigenvalue weighted by molar-refractivity contribution is -0.135. The highest BCUT2D eigenvalue weighted by molar-refractivity contribution is 5.78. The van der Waals surface area contributed by atoms with E-state index in [1.807, 2.05) is 43.0 Å². The van der Waals surface area contributed by atoms with E-state index in [0.717, 1.165) is 35.7 Å². The van der Waals surface area contributed by atoms with Gasteiger partial charge in [0.25, 0.3) is 0 Å².